The molecule has 0 spiro atoms. The van der Waals surface area contributed by atoms with Crippen molar-refractivity contribution in [2.45, 2.75) is 39.2 Å². The smallest absolute Gasteiger partial charge is 0.0568 e. The minimum atomic E-state index is 0.388. The Morgan fingerprint density at radius 2 is 2.19 bits per heavy atom. The van der Waals surface area contributed by atoms with Gasteiger partial charge in [0.15, 0.2) is 0 Å². The molecule has 16 heavy (non-hydrogen) atoms. The maximum atomic E-state index is 6.08. The van der Waals surface area contributed by atoms with E-state index in [1.54, 1.807) is 0 Å². The minimum Gasteiger partial charge on any atom is -0.382 e. The largest absolute Gasteiger partial charge is 0.382 e. The molecule has 1 aromatic rings. The zero-order chi connectivity index (χ0) is 11.8. The van der Waals surface area contributed by atoms with Crippen molar-refractivity contribution in [3.05, 3.63) is 27.7 Å². The highest BCUT2D eigenvalue weighted by Crippen LogP contribution is 2.39. The highest BCUT2D eigenvalue weighted by molar-refractivity contribution is 9.10. The van der Waals surface area contributed by atoms with Gasteiger partial charge < -0.3 is 5.32 Å². The second kappa shape index (κ2) is 4.58. The molecule has 0 amide bonds. The third-order valence-corrected chi connectivity index (χ3v) is 4.75. The molecule has 2 rings (SSSR count). The highest BCUT2D eigenvalue weighted by Gasteiger charge is 2.34. The van der Waals surface area contributed by atoms with Crippen molar-refractivity contribution in [1.29, 1.82) is 0 Å². The standard InChI is InChI=1S/C13H17BrClN/c1-13(2)7-3-4-12(13)16-9-5-6-10(14)11(15)8-9/h5-6,8,12,16H,3-4,7H2,1-2H3. The van der Waals surface area contributed by atoms with E-state index < -0.39 is 0 Å². The van der Waals surface area contributed by atoms with Crippen LogP contribution in [-0.2, 0) is 0 Å². The van der Waals surface area contributed by atoms with Crippen LogP contribution in [0.1, 0.15) is 33.1 Å². The van der Waals surface area contributed by atoms with Gasteiger partial charge in [-0.05, 0) is 52.4 Å². The summed E-state index contributed by atoms with van der Waals surface area (Å²) in [5.41, 5.74) is 1.51. The van der Waals surface area contributed by atoms with E-state index in [9.17, 15) is 0 Å². The molecule has 0 heterocycles. The van der Waals surface area contributed by atoms with E-state index in [-0.39, 0.29) is 0 Å². The van der Waals surface area contributed by atoms with E-state index >= 15 is 0 Å². The first kappa shape index (κ1) is 12.3. The molecule has 1 unspecified atom stereocenters. The molecule has 0 saturated heterocycles. The normalized spacial score (nSPS) is 23.4. The molecule has 1 aliphatic rings. The molecule has 1 N–H and O–H groups in total. The second-order valence-electron chi connectivity index (χ2n) is 5.21. The fourth-order valence-corrected chi connectivity index (χ4v) is 2.81. The lowest BCUT2D eigenvalue weighted by molar-refractivity contribution is 0.350. The summed E-state index contributed by atoms with van der Waals surface area (Å²) in [5.74, 6) is 0. The Bertz CT molecular complexity index is 390. The van der Waals surface area contributed by atoms with Crippen LogP contribution in [0.15, 0.2) is 22.7 Å². The molecule has 1 saturated carbocycles. The van der Waals surface area contributed by atoms with Crippen LogP contribution in [-0.4, -0.2) is 6.04 Å². The molecule has 0 radical (unpaired) electrons. The first-order chi connectivity index (χ1) is 7.49. The van der Waals surface area contributed by atoms with Gasteiger partial charge in [-0.15, -0.1) is 0 Å². The van der Waals surface area contributed by atoms with Gasteiger partial charge in [0.25, 0.3) is 0 Å². The summed E-state index contributed by atoms with van der Waals surface area (Å²) < 4.78 is 0.949. The molecule has 0 bridgehead atoms. The second-order valence-corrected chi connectivity index (χ2v) is 6.47. The summed E-state index contributed by atoms with van der Waals surface area (Å²) >= 11 is 9.49. The van der Waals surface area contributed by atoms with Crippen molar-refractivity contribution in [3.63, 3.8) is 0 Å². The summed E-state index contributed by atoms with van der Waals surface area (Å²) in [5, 5.41) is 4.36. The third kappa shape index (κ3) is 2.54. The number of nitrogens with one attached hydrogen (secondary N) is 1. The van der Waals surface area contributed by atoms with Gasteiger partial charge in [0.2, 0.25) is 0 Å². The zero-order valence-electron chi connectivity index (χ0n) is 9.69. The predicted octanol–water partition coefficient (Wildman–Crippen LogP) is 5.09. The van der Waals surface area contributed by atoms with Crippen LogP contribution in [0.2, 0.25) is 5.02 Å². The van der Waals surface area contributed by atoms with Gasteiger partial charge in [0.1, 0.15) is 0 Å². The first-order valence-electron chi connectivity index (χ1n) is 5.71. The Kier molecular flexibility index (Phi) is 3.50. The number of benzene rings is 1. The Morgan fingerprint density at radius 1 is 1.44 bits per heavy atom. The molecular weight excluding hydrogens is 286 g/mol. The van der Waals surface area contributed by atoms with Crippen LogP contribution in [0.3, 0.4) is 0 Å². The van der Waals surface area contributed by atoms with Crippen LogP contribution in [0.4, 0.5) is 5.69 Å². The van der Waals surface area contributed by atoms with E-state index in [4.69, 9.17) is 11.6 Å². The average molecular weight is 303 g/mol. The maximum Gasteiger partial charge on any atom is 0.0568 e. The molecule has 88 valence electrons. The van der Waals surface area contributed by atoms with Crippen LogP contribution in [0, 0.1) is 5.41 Å². The van der Waals surface area contributed by atoms with Gasteiger partial charge >= 0.3 is 0 Å². The topological polar surface area (TPSA) is 12.0 Å². The number of hydrogen-bond donors (Lipinski definition) is 1. The van der Waals surface area contributed by atoms with Crippen LogP contribution in [0.5, 0.6) is 0 Å². The van der Waals surface area contributed by atoms with Crippen LogP contribution in [0.25, 0.3) is 0 Å². The van der Waals surface area contributed by atoms with E-state index in [0.717, 1.165) is 15.2 Å². The van der Waals surface area contributed by atoms with Gasteiger partial charge in [0.05, 0.1) is 5.02 Å². The van der Waals surface area contributed by atoms with Crippen molar-refractivity contribution in [2.75, 3.05) is 5.32 Å². The van der Waals surface area contributed by atoms with Gasteiger partial charge in [-0.1, -0.05) is 31.9 Å². The number of hydrogen-bond acceptors (Lipinski definition) is 1. The van der Waals surface area contributed by atoms with Gasteiger partial charge in [-0.2, -0.15) is 0 Å². The summed E-state index contributed by atoms with van der Waals surface area (Å²) in [6.45, 7) is 4.66. The lowest BCUT2D eigenvalue weighted by Crippen LogP contribution is -2.30. The van der Waals surface area contributed by atoms with Crippen LogP contribution < -0.4 is 5.32 Å². The third-order valence-electron chi connectivity index (χ3n) is 3.52. The number of halogens is 2. The van der Waals surface area contributed by atoms with E-state index in [2.05, 4.69) is 41.2 Å². The fourth-order valence-electron chi connectivity index (χ4n) is 2.38. The molecule has 1 atom stereocenters. The van der Waals surface area contributed by atoms with Crippen molar-refractivity contribution in [2.24, 2.45) is 5.41 Å². The Morgan fingerprint density at radius 3 is 2.75 bits per heavy atom. The Hall–Kier alpha value is -0.210. The Labute approximate surface area is 111 Å². The predicted molar refractivity (Wildman–Crippen MR) is 74.2 cm³/mol. The van der Waals surface area contributed by atoms with Crippen molar-refractivity contribution in [1.82, 2.24) is 0 Å². The highest BCUT2D eigenvalue weighted by atomic mass is 79.9. The number of rotatable bonds is 2. The summed E-state index contributed by atoms with van der Waals surface area (Å²) in [4.78, 5) is 0. The summed E-state index contributed by atoms with van der Waals surface area (Å²) in [6, 6.07) is 6.61. The van der Waals surface area contributed by atoms with E-state index in [1.165, 1.54) is 19.3 Å². The zero-order valence-corrected chi connectivity index (χ0v) is 12.0. The SMILES string of the molecule is CC1(C)CCCC1Nc1ccc(Br)c(Cl)c1. The van der Waals surface area contributed by atoms with Gasteiger partial charge in [0, 0.05) is 16.2 Å². The van der Waals surface area contributed by atoms with Crippen molar-refractivity contribution in [3.8, 4) is 0 Å². The molecule has 1 nitrogen and oxygen atoms in total. The lowest BCUT2D eigenvalue weighted by Gasteiger charge is -2.28. The molecule has 0 aromatic heterocycles. The summed E-state index contributed by atoms with van der Waals surface area (Å²) in [6.07, 6.45) is 3.87. The average Bonchev–Trinajstić information content (AvgIpc) is 2.52. The van der Waals surface area contributed by atoms with E-state index in [1.807, 2.05) is 12.1 Å². The van der Waals surface area contributed by atoms with Gasteiger partial charge in [-0.3, -0.25) is 0 Å². The molecule has 1 aromatic carbocycles. The van der Waals surface area contributed by atoms with Crippen molar-refractivity contribution >= 4 is 33.2 Å². The molecule has 3 heteroatoms. The molecular formula is C13H17BrClN. The van der Waals surface area contributed by atoms with Crippen LogP contribution >= 0.6 is 27.5 Å². The van der Waals surface area contributed by atoms with Gasteiger partial charge in [-0.25, -0.2) is 0 Å². The first-order valence-corrected chi connectivity index (χ1v) is 6.88. The lowest BCUT2D eigenvalue weighted by atomic mass is 9.87. The minimum absolute atomic E-state index is 0.388. The van der Waals surface area contributed by atoms with Crippen molar-refractivity contribution < 1.29 is 0 Å². The summed E-state index contributed by atoms with van der Waals surface area (Å²) in [7, 11) is 0. The Balaban J connectivity index is 2.12. The fraction of sp³-hybridized carbons (Fsp3) is 0.538. The maximum absolute atomic E-state index is 6.08. The number of anilines is 1. The molecule has 1 aliphatic carbocycles. The quantitative estimate of drug-likeness (QED) is 0.802. The monoisotopic (exact) mass is 301 g/mol. The molecule has 0 aliphatic heterocycles. The van der Waals surface area contributed by atoms with E-state index in [0.29, 0.717) is 11.5 Å². The molecule has 1 fully saturated rings.